The van der Waals surface area contributed by atoms with Crippen LogP contribution >= 0.6 is 0 Å². The second kappa shape index (κ2) is 12.3. The number of nitrogens with zero attached hydrogens (tertiary/aromatic N) is 3. The molecule has 0 bridgehead atoms. The lowest BCUT2D eigenvalue weighted by Gasteiger charge is -2.14. The van der Waals surface area contributed by atoms with Crippen LogP contribution < -0.4 is 25.4 Å². The molecule has 35 heavy (non-hydrogen) atoms. The average Bonchev–Trinajstić information content (AvgIpc) is 2.83. The number of amides is 1. The van der Waals surface area contributed by atoms with Crippen LogP contribution in [0.25, 0.3) is 10.9 Å². The van der Waals surface area contributed by atoms with Crippen LogP contribution in [0.2, 0.25) is 0 Å². The Hall–Kier alpha value is -4.21. The average molecular weight is 478 g/mol. The quantitative estimate of drug-likeness (QED) is 0.263. The van der Waals surface area contributed by atoms with Crippen LogP contribution in [0.5, 0.6) is 11.5 Å². The Labute approximate surface area is 204 Å². The second-order valence-electron chi connectivity index (χ2n) is 7.87. The minimum atomic E-state index is -0.205. The molecule has 1 aromatic heterocycles. The molecule has 0 saturated heterocycles. The monoisotopic (exact) mass is 477 g/mol. The maximum atomic E-state index is 12.2. The summed E-state index contributed by atoms with van der Waals surface area (Å²) in [5, 5.41) is 13.2. The summed E-state index contributed by atoms with van der Waals surface area (Å²) in [5.41, 5.74) is 9.88. The second-order valence-corrected chi connectivity index (χ2v) is 7.87. The SMILES string of the molecule is CCOc1cc(OCC)c2c(Nc3ccc(NC(=O)CN/C=C(\N=N)C(C)C)cc3)ncnc2c1. The maximum absolute atomic E-state index is 12.2. The van der Waals surface area contributed by atoms with E-state index in [-0.39, 0.29) is 18.4 Å². The van der Waals surface area contributed by atoms with Crippen molar-refractivity contribution in [2.24, 2.45) is 11.0 Å². The molecule has 0 atom stereocenters. The van der Waals surface area contributed by atoms with Gasteiger partial charge in [0.25, 0.3) is 0 Å². The summed E-state index contributed by atoms with van der Waals surface area (Å²) in [6.45, 7) is 8.82. The van der Waals surface area contributed by atoms with Crippen molar-refractivity contribution in [1.82, 2.24) is 15.3 Å². The molecule has 0 aliphatic rings. The zero-order chi connectivity index (χ0) is 25.2. The first-order chi connectivity index (χ1) is 16.9. The molecular weight excluding hydrogens is 446 g/mol. The number of carbonyl (C=O) groups is 1. The van der Waals surface area contributed by atoms with Gasteiger partial charge in [0, 0.05) is 29.7 Å². The van der Waals surface area contributed by atoms with Gasteiger partial charge in [-0.25, -0.2) is 15.5 Å². The van der Waals surface area contributed by atoms with Crippen LogP contribution in [0.4, 0.5) is 17.2 Å². The largest absolute Gasteiger partial charge is 0.494 e. The topological polar surface area (TPSA) is 134 Å². The van der Waals surface area contributed by atoms with E-state index in [2.05, 4.69) is 31.0 Å². The molecule has 10 heteroatoms. The molecule has 0 unspecified atom stereocenters. The van der Waals surface area contributed by atoms with E-state index in [1.807, 2.05) is 52.0 Å². The highest BCUT2D eigenvalue weighted by molar-refractivity contribution is 5.97. The number of hydrogen-bond acceptors (Lipinski definition) is 9. The minimum Gasteiger partial charge on any atom is -0.494 e. The third-order valence-electron chi connectivity index (χ3n) is 4.95. The highest BCUT2D eigenvalue weighted by atomic mass is 16.5. The van der Waals surface area contributed by atoms with Crippen LogP contribution in [0.1, 0.15) is 27.7 Å². The smallest absolute Gasteiger partial charge is 0.243 e. The molecule has 1 amide bonds. The Balaban J connectivity index is 1.71. The Morgan fingerprint density at radius 3 is 2.46 bits per heavy atom. The van der Waals surface area contributed by atoms with Crippen molar-refractivity contribution in [1.29, 1.82) is 5.53 Å². The van der Waals surface area contributed by atoms with Crippen LogP contribution in [-0.2, 0) is 4.79 Å². The Morgan fingerprint density at radius 1 is 1.09 bits per heavy atom. The van der Waals surface area contributed by atoms with Gasteiger partial charge in [-0.15, -0.1) is 0 Å². The van der Waals surface area contributed by atoms with Gasteiger partial charge in [-0.2, -0.15) is 5.11 Å². The predicted molar refractivity (Wildman–Crippen MR) is 136 cm³/mol. The van der Waals surface area contributed by atoms with E-state index >= 15 is 0 Å². The number of ether oxygens (including phenoxy) is 2. The summed E-state index contributed by atoms with van der Waals surface area (Å²) in [7, 11) is 0. The fourth-order valence-electron chi connectivity index (χ4n) is 3.30. The molecular formula is C25H31N7O3. The highest BCUT2D eigenvalue weighted by Crippen LogP contribution is 2.35. The van der Waals surface area contributed by atoms with Crippen molar-refractivity contribution < 1.29 is 14.3 Å². The summed E-state index contributed by atoms with van der Waals surface area (Å²) in [5.74, 6) is 1.83. The van der Waals surface area contributed by atoms with Gasteiger partial charge in [0.1, 0.15) is 23.6 Å². The van der Waals surface area contributed by atoms with Crippen molar-refractivity contribution in [2.45, 2.75) is 27.7 Å². The fourth-order valence-corrected chi connectivity index (χ4v) is 3.30. The molecule has 3 rings (SSSR count). The molecule has 0 spiro atoms. The van der Waals surface area contributed by atoms with E-state index in [4.69, 9.17) is 15.0 Å². The van der Waals surface area contributed by atoms with Crippen molar-refractivity contribution in [2.75, 3.05) is 30.4 Å². The zero-order valence-electron chi connectivity index (χ0n) is 20.4. The number of benzene rings is 2. The molecule has 0 aliphatic carbocycles. The number of anilines is 3. The molecule has 184 valence electrons. The fraction of sp³-hybridized carbons (Fsp3) is 0.320. The summed E-state index contributed by atoms with van der Waals surface area (Å²) >= 11 is 0. The Morgan fingerprint density at radius 2 is 1.80 bits per heavy atom. The van der Waals surface area contributed by atoms with Gasteiger partial charge in [0.15, 0.2) is 0 Å². The number of rotatable bonds is 12. The van der Waals surface area contributed by atoms with Crippen LogP contribution in [-0.4, -0.2) is 35.6 Å². The van der Waals surface area contributed by atoms with Gasteiger partial charge in [-0.1, -0.05) is 13.8 Å². The van der Waals surface area contributed by atoms with Gasteiger partial charge in [-0.05, 0) is 44.0 Å². The first-order valence-electron chi connectivity index (χ1n) is 11.5. The Bertz CT molecular complexity index is 1190. The molecule has 3 aromatic rings. The number of nitrogens with one attached hydrogen (secondary N) is 4. The predicted octanol–water partition coefficient (Wildman–Crippen LogP) is 5.23. The van der Waals surface area contributed by atoms with Gasteiger partial charge in [0.2, 0.25) is 5.91 Å². The molecule has 0 radical (unpaired) electrons. The van der Waals surface area contributed by atoms with Crippen LogP contribution in [0, 0.1) is 11.4 Å². The molecule has 2 aromatic carbocycles. The number of allylic oxidation sites excluding steroid dienone is 1. The summed E-state index contributed by atoms with van der Waals surface area (Å²) in [4.78, 5) is 21.0. The summed E-state index contributed by atoms with van der Waals surface area (Å²) in [6, 6.07) is 11.0. The maximum Gasteiger partial charge on any atom is 0.243 e. The molecule has 4 N–H and O–H groups in total. The van der Waals surface area contributed by atoms with E-state index in [9.17, 15) is 4.79 Å². The summed E-state index contributed by atoms with van der Waals surface area (Å²) in [6.07, 6.45) is 3.08. The number of hydrogen-bond donors (Lipinski definition) is 4. The van der Waals surface area contributed by atoms with Gasteiger partial charge in [0.05, 0.1) is 36.4 Å². The van der Waals surface area contributed by atoms with Crippen LogP contribution in [0.3, 0.4) is 0 Å². The summed E-state index contributed by atoms with van der Waals surface area (Å²) < 4.78 is 11.5. The van der Waals surface area contributed by atoms with Crippen molar-refractivity contribution in [3.63, 3.8) is 0 Å². The van der Waals surface area contributed by atoms with E-state index in [0.717, 1.165) is 11.1 Å². The third-order valence-corrected chi connectivity index (χ3v) is 4.95. The van der Waals surface area contributed by atoms with Crippen molar-refractivity contribution in [3.8, 4) is 11.5 Å². The lowest BCUT2D eigenvalue weighted by atomic mass is 10.1. The molecule has 0 fully saturated rings. The highest BCUT2D eigenvalue weighted by Gasteiger charge is 2.13. The van der Waals surface area contributed by atoms with E-state index in [1.165, 1.54) is 6.33 Å². The van der Waals surface area contributed by atoms with E-state index < -0.39 is 0 Å². The van der Waals surface area contributed by atoms with Crippen LogP contribution in [0.15, 0.2) is 59.7 Å². The van der Waals surface area contributed by atoms with Gasteiger partial charge < -0.3 is 25.4 Å². The van der Waals surface area contributed by atoms with Gasteiger partial charge >= 0.3 is 0 Å². The number of aromatic nitrogens is 2. The normalized spacial score (nSPS) is 11.3. The standard InChI is InChI=1S/C25H31N7O3/c1-5-34-19-11-20-24(22(12-19)35-6-2)25(29-15-28-20)31-18-9-7-17(8-10-18)30-23(33)14-27-13-21(32-26)16(3)4/h7-13,15-16,26-27H,5-6,14H2,1-4H3,(H,30,33)(H,28,29,31)/b21-13-,32-26?. The molecule has 10 nitrogen and oxygen atoms in total. The van der Waals surface area contributed by atoms with Crippen molar-refractivity contribution in [3.05, 3.63) is 54.6 Å². The first kappa shape index (κ1) is 25.4. The third kappa shape index (κ3) is 6.89. The molecule has 1 heterocycles. The van der Waals surface area contributed by atoms with Gasteiger partial charge in [-0.3, -0.25) is 4.79 Å². The lowest BCUT2D eigenvalue weighted by Crippen LogP contribution is -2.25. The first-order valence-corrected chi connectivity index (χ1v) is 11.5. The van der Waals surface area contributed by atoms with E-state index in [1.54, 1.807) is 18.3 Å². The van der Waals surface area contributed by atoms with Crippen molar-refractivity contribution >= 4 is 34.0 Å². The number of fused-ring (bicyclic) bond motifs is 1. The molecule has 0 saturated carbocycles. The lowest BCUT2D eigenvalue weighted by molar-refractivity contribution is -0.115. The minimum absolute atomic E-state index is 0.0720. The number of carbonyl (C=O) groups excluding carboxylic acids is 1. The zero-order valence-corrected chi connectivity index (χ0v) is 20.4. The molecule has 0 aliphatic heterocycles. The Kier molecular flexibility index (Phi) is 8.94. The van der Waals surface area contributed by atoms with E-state index in [0.29, 0.717) is 47.4 Å².